The Balaban J connectivity index is 1.96. The van der Waals surface area contributed by atoms with Gasteiger partial charge < -0.3 is 10.1 Å². The average Bonchev–Trinajstić information content (AvgIpc) is 2.20. The Bertz CT molecular complexity index is 137. The highest BCUT2D eigenvalue weighted by Crippen LogP contribution is 2.21. The lowest BCUT2D eigenvalue weighted by atomic mass is 10.0. The zero-order valence-corrected chi connectivity index (χ0v) is 10.2. The molecule has 0 aromatic rings. The first-order chi connectivity index (χ1) is 6.83. The van der Waals surface area contributed by atoms with E-state index in [0.717, 1.165) is 19.1 Å². The van der Waals surface area contributed by atoms with E-state index in [4.69, 9.17) is 4.74 Å². The molecule has 0 radical (unpaired) electrons. The molecule has 1 aliphatic rings. The summed E-state index contributed by atoms with van der Waals surface area (Å²) in [6, 6.07) is 0. The minimum atomic E-state index is 0.637. The van der Waals surface area contributed by atoms with Gasteiger partial charge in [0.05, 0.1) is 0 Å². The van der Waals surface area contributed by atoms with Crippen molar-refractivity contribution < 1.29 is 4.74 Å². The quantitative estimate of drug-likeness (QED) is 0.735. The van der Waals surface area contributed by atoms with Gasteiger partial charge in [-0.2, -0.15) is 11.8 Å². The van der Waals surface area contributed by atoms with Gasteiger partial charge in [0.25, 0.3) is 0 Å². The monoisotopic (exact) mass is 217 g/mol. The van der Waals surface area contributed by atoms with Crippen LogP contribution in [-0.4, -0.2) is 38.3 Å². The molecule has 14 heavy (non-hydrogen) atoms. The van der Waals surface area contributed by atoms with Crippen LogP contribution in [-0.2, 0) is 4.74 Å². The fraction of sp³-hybridized carbons (Fsp3) is 1.00. The highest BCUT2D eigenvalue weighted by Gasteiger charge is 2.13. The van der Waals surface area contributed by atoms with Crippen LogP contribution in [0, 0.1) is 11.8 Å². The molecule has 1 atom stereocenters. The van der Waals surface area contributed by atoms with Crippen molar-refractivity contribution in [3.05, 3.63) is 0 Å². The van der Waals surface area contributed by atoms with Gasteiger partial charge >= 0.3 is 0 Å². The Morgan fingerprint density at radius 3 is 2.79 bits per heavy atom. The van der Waals surface area contributed by atoms with Crippen LogP contribution in [0.3, 0.4) is 0 Å². The summed E-state index contributed by atoms with van der Waals surface area (Å²) in [6.07, 6.45) is 2.80. The van der Waals surface area contributed by atoms with Crippen molar-refractivity contribution in [2.24, 2.45) is 11.8 Å². The first kappa shape index (κ1) is 12.3. The Kier molecular flexibility index (Phi) is 6.65. The second-order valence-corrected chi connectivity index (χ2v) is 5.50. The molecule has 0 amide bonds. The predicted octanol–water partition coefficient (Wildman–Crippen LogP) is 2.00. The Hall–Kier alpha value is 0.270. The summed E-state index contributed by atoms with van der Waals surface area (Å²) in [5.74, 6) is 4.28. The minimum Gasteiger partial charge on any atom is -0.384 e. The van der Waals surface area contributed by atoms with Crippen molar-refractivity contribution in [1.29, 1.82) is 0 Å². The molecule has 1 fully saturated rings. The van der Waals surface area contributed by atoms with Gasteiger partial charge in [0.1, 0.15) is 0 Å². The lowest BCUT2D eigenvalue weighted by molar-refractivity contribution is 0.158. The third-order valence-corrected chi connectivity index (χ3v) is 3.77. The second-order valence-electron chi connectivity index (χ2n) is 4.27. The summed E-state index contributed by atoms with van der Waals surface area (Å²) in [4.78, 5) is 0. The average molecular weight is 217 g/mol. The molecule has 0 aromatic carbocycles. The van der Waals surface area contributed by atoms with Crippen molar-refractivity contribution in [2.45, 2.75) is 19.8 Å². The van der Waals surface area contributed by atoms with E-state index < -0.39 is 0 Å². The molecular formula is C11H23NOS. The van der Waals surface area contributed by atoms with Gasteiger partial charge in [-0.25, -0.2) is 0 Å². The molecule has 2 nitrogen and oxygen atoms in total. The normalized spacial score (nSPS) is 21.0. The van der Waals surface area contributed by atoms with Gasteiger partial charge in [-0.1, -0.05) is 6.92 Å². The van der Waals surface area contributed by atoms with Gasteiger partial charge in [0.15, 0.2) is 0 Å². The number of rotatable bonds is 6. The summed E-state index contributed by atoms with van der Waals surface area (Å²) in [7, 11) is 1.77. The smallest absolute Gasteiger partial charge is 0.0499 e. The lowest BCUT2D eigenvalue weighted by Gasteiger charge is -2.22. The highest BCUT2D eigenvalue weighted by atomic mass is 32.2. The molecule has 1 N–H and O–H groups in total. The standard InChI is InChI=1S/C11H23NOS/c1-10(9-13-2)7-12-8-11-3-5-14-6-4-11/h10-12H,3-9H2,1-2H3. The number of hydrogen-bond donors (Lipinski definition) is 1. The molecule has 1 saturated heterocycles. The number of thioether (sulfide) groups is 1. The van der Waals surface area contributed by atoms with Gasteiger partial charge in [-0.15, -0.1) is 0 Å². The van der Waals surface area contributed by atoms with Gasteiger partial charge in [0.2, 0.25) is 0 Å². The van der Waals surface area contributed by atoms with Crippen LogP contribution < -0.4 is 5.32 Å². The van der Waals surface area contributed by atoms with E-state index in [1.165, 1.54) is 30.9 Å². The molecule has 0 aromatic heterocycles. The predicted molar refractivity (Wildman–Crippen MR) is 64.0 cm³/mol. The number of nitrogens with one attached hydrogen (secondary N) is 1. The summed E-state index contributed by atoms with van der Waals surface area (Å²) in [5.41, 5.74) is 0. The Morgan fingerprint density at radius 2 is 2.14 bits per heavy atom. The molecule has 0 saturated carbocycles. The van der Waals surface area contributed by atoms with Crippen LogP contribution in [0.25, 0.3) is 0 Å². The fourth-order valence-electron chi connectivity index (χ4n) is 1.83. The first-order valence-electron chi connectivity index (χ1n) is 5.60. The molecule has 0 spiro atoms. The topological polar surface area (TPSA) is 21.3 Å². The fourth-order valence-corrected chi connectivity index (χ4v) is 3.03. The van der Waals surface area contributed by atoms with Crippen LogP contribution in [0.2, 0.25) is 0 Å². The second kappa shape index (κ2) is 7.55. The zero-order valence-electron chi connectivity index (χ0n) is 9.42. The maximum atomic E-state index is 5.10. The van der Waals surface area contributed by atoms with Crippen LogP contribution in [0.15, 0.2) is 0 Å². The Labute approximate surface area is 92.2 Å². The number of hydrogen-bond acceptors (Lipinski definition) is 3. The van der Waals surface area contributed by atoms with Crippen LogP contribution in [0.4, 0.5) is 0 Å². The maximum absolute atomic E-state index is 5.10. The molecule has 1 heterocycles. The van der Waals surface area contributed by atoms with Crippen molar-refractivity contribution >= 4 is 11.8 Å². The van der Waals surface area contributed by atoms with Crippen LogP contribution in [0.1, 0.15) is 19.8 Å². The van der Waals surface area contributed by atoms with Crippen LogP contribution >= 0.6 is 11.8 Å². The molecule has 1 aliphatic heterocycles. The molecule has 3 heteroatoms. The molecule has 1 rings (SSSR count). The third kappa shape index (κ3) is 5.23. The largest absolute Gasteiger partial charge is 0.384 e. The molecule has 84 valence electrons. The van der Waals surface area contributed by atoms with Crippen molar-refractivity contribution in [1.82, 2.24) is 5.32 Å². The summed E-state index contributed by atoms with van der Waals surface area (Å²) >= 11 is 2.10. The van der Waals surface area contributed by atoms with E-state index in [1.54, 1.807) is 7.11 Å². The summed E-state index contributed by atoms with van der Waals surface area (Å²) in [6.45, 7) is 5.40. The Morgan fingerprint density at radius 1 is 1.43 bits per heavy atom. The zero-order chi connectivity index (χ0) is 10.2. The van der Waals surface area contributed by atoms with E-state index in [9.17, 15) is 0 Å². The number of ether oxygens (including phenoxy) is 1. The first-order valence-corrected chi connectivity index (χ1v) is 6.75. The van der Waals surface area contributed by atoms with Gasteiger partial charge in [0, 0.05) is 13.7 Å². The molecule has 0 aliphatic carbocycles. The summed E-state index contributed by atoms with van der Waals surface area (Å²) in [5, 5.41) is 3.55. The molecular weight excluding hydrogens is 194 g/mol. The lowest BCUT2D eigenvalue weighted by Crippen LogP contribution is -2.30. The third-order valence-electron chi connectivity index (χ3n) is 2.72. The minimum absolute atomic E-state index is 0.637. The van der Waals surface area contributed by atoms with E-state index >= 15 is 0 Å². The van der Waals surface area contributed by atoms with Gasteiger partial charge in [-0.3, -0.25) is 0 Å². The van der Waals surface area contributed by atoms with Crippen LogP contribution in [0.5, 0.6) is 0 Å². The SMILES string of the molecule is COCC(C)CNCC1CCSCC1. The van der Waals surface area contributed by atoms with E-state index in [1.807, 2.05) is 0 Å². The van der Waals surface area contributed by atoms with Crippen molar-refractivity contribution in [2.75, 3.05) is 38.3 Å². The van der Waals surface area contributed by atoms with E-state index in [2.05, 4.69) is 24.0 Å². The van der Waals surface area contributed by atoms with Gasteiger partial charge in [-0.05, 0) is 49.3 Å². The molecule has 1 unspecified atom stereocenters. The maximum Gasteiger partial charge on any atom is 0.0499 e. The van der Waals surface area contributed by atoms with Crippen molar-refractivity contribution in [3.63, 3.8) is 0 Å². The van der Waals surface area contributed by atoms with E-state index in [-0.39, 0.29) is 0 Å². The highest BCUT2D eigenvalue weighted by molar-refractivity contribution is 7.99. The van der Waals surface area contributed by atoms with E-state index in [0.29, 0.717) is 5.92 Å². The molecule has 0 bridgehead atoms. The van der Waals surface area contributed by atoms with Crippen molar-refractivity contribution in [3.8, 4) is 0 Å². The summed E-state index contributed by atoms with van der Waals surface area (Å²) < 4.78 is 5.10. The number of methoxy groups -OCH3 is 1.